The number of nitrogens with zero attached hydrogens (tertiary/aromatic N) is 2. The molecule has 2 fully saturated rings. The fraction of sp³-hybridized carbons (Fsp3) is 0.882. The lowest BCUT2D eigenvalue weighted by atomic mass is 9.75. The summed E-state index contributed by atoms with van der Waals surface area (Å²) in [5.74, 6) is 3.21. The molecule has 1 aliphatic heterocycles. The molecule has 0 bridgehead atoms. The highest BCUT2D eigenvalue weighted by atomic mass is 16.5. The Hall–Kier alpha value is -0.900. The van der Waals surface area contributed by atoms with E-state index in [1.165, 1.54) is 32.1 Å². The molecule has 2 atom stereocenters. The molecule has 1 saturated heterocycles. The lowest BCUT2D eigenvalue weighted by Crippen LogP contribution is -2.40. The predicted octanol–water partition coefficient (Wildman–Crippen LogP) is 3.78. The van der Waals surface area contributed by atoms with E-state index < -0.39 is 0 Å². The van der Waals surface area contributed by atoms with E-state index in [0.717, 1.165) is 50.0 Å². The van der Waals surface area contributed by atoms with Crippen LogP contribution >= 0.6 is 0 Å². The summed E-state index contributed by atoms with van der Waals surface area (Å²) in [5.41, 5.74) is 0.130. The van der Waals surface area contributed by atoms with Crippen LogP contribution in [0.3, 0.4) is 0 Å². The van der Waals surface area contributed by atoms with Gasteiger partial charge in [-0.1, -0.05) is 38.3 Å². The van der Waals surface area contributed by atoms with Crippen molar-refractivity contribution in [3.05, 3.63) is 11.7 Å². The number of hydrogen-bond acceptors (Lipinski definition) is 4. The van der Waals surface area contributed by atoms with Crippen molar-refractivity contribution in [2.75, 3.05) is 13.1 Å². The van der Waals surface area contributed by atoms with Crippen molar-refractivity contribution in [2.45, 2.75) is 76.5 Å². The Morgan fingerprint density at radius 2 is 2.10 bits per heavy atom. The third kappa shape index (κ3) is 3.15. The van der Waals surface area contributed by atoms with Gasteiger partial charge in [-0.15, -0.1) is 0 Å². The third-order valence-electron chi connectivity index (χ3n) is 5.49. The summed E-state index contributed by atoms with van der Waals surface area (Å²) in [7, 11) is 0. The number of rotatable bonds is 4. The first-order valence-corrected chi connectivity index (χ1v) is 8.78. The van der Waals surface area contributed by atoms with E-state index in [2.05, 4.69) is 24.3 Å². The van der Waals surface area contributed by atoms with E-state index in [0.29, 0.717) is 5.92 Å². The summed E-state index contributed by atoms with van der Waals surface area (Å²) in [6.07, 6.45) is 9.71. The van der Waals surface area contributed by atoms with E-state index >= 15 is 0 Å². The van der Waals surface area contributed by atoms with Crippen molar-refractivity contribution in [1.82, 2.24) is 15.5 Å². The number of aromatic nitrogens is 2. The predicted molar refractivity (Wildman–Crippen MR) is 83.4 cm³/mol. The molecule has 2 aliphatic rings. The molecule has 118 valence electrons. The van der Waals surface area contributed by atoms with Crippen LogP contribution in [-0.4, -0.2) is 23.2 Å². The lowest BCUT2D eigenvalue weighted by molar-refractivity contribution is 0.207. The van der Waals surface area contributed by atoms with Crippen LogP contribution in [0.1, 0.15) is 82.8 Å². The zero-order valence-corrected chi connectivity index (χ0v) is 13.5. The fourth-order valence-electron chi connectivity index (χ4n) is 4.24. The van der Waals surface area contributed by atoms with Gasteiger partial charge in [-0.2, -0.15) is 4.98 Å². The average Bonchev–Trinajstić information content (AvgIpc) is 2.99. The van der Waals surface area contributed by atoms with Crippen molar-refractivity contribution in [1.29, 1.82) is 0 Å². The molecule has 2 heterocycles. The fourth-order valence-corrected chi connectivity index (χ4v) is 4.24. The van der Waals surface area contributed by atoms with Crippen molar-refractivity contribution >= 4 is 0 Å². The van der Waals surface area contributed by atoms with Crippen LogP contribution in [0.2, 0.25) is 0 Å². The van der Waals surface area contributed by atoms with E-state index in [9.17, 15) is 0 Å². The molecule has 1 N–H and O–H groups in total. The van der Waals surface area contributed by atoms with Crippen LogP contribution in [0.25, 0.3) is 0 Å². The Labute approximate surface area is 128 Å². The van der Waals surface area contributed by atoms with E-state index in [1.54, 1.807) is 0 Å². The standard InChI is InChI=1S/C17H29N3O/c1-3-7-17(8-10-18-11-9-17)16-19-15(20-21-16)14-6-4-5-13(2)12-14/h13-14,18H,3-12H2,1-2H3. The van der Waals surface area contributed by atoms with E-state index in [-0.39, 0.29) is 5.41 Å². The minimum Gasteiger partial charge on any atom is -0.339 e. The summed E-state index contributed by atoms with van der Waals surface area (Å²) < 4.78 is 5.76. The second-order valence-corrected chi connectivity index (χ2v) is 7.21. The molecule has 1 aliphatic carbocycles. The van der Waals surface area contributed by atoms with Gasteiger partial charge in [0.2, 0.25) is 5.89 Å². The topological polar surface area (TPSA) is 51.0 Å². The third-order valence-corrected chi connectivity index (χ3v) is 5.49. The van der Waals surface area contributed by atoms with E-state index in [4.69, 9.17) is 9.51 Å². The minimum absolute atomic E-state index is 0.130. The summed E-state index contributed by atoms with van der Waals surface area (Å²) >= 11 is 0. The van der Waals surface area contributed by atoms with Gasteiger partial charge < -0.3 is 9.84 Å². The molecule has 4 nitrogen and oxygen atoms in total. The van der Waals surface area contributed by atoms with Crippen LogP contribution in [0, 0.1) is 5.92 Å². The second-order valence-electron chi connectivity index (χ2n) is 7.21. The SMILES string of the molecule is CCCC1(c2nc(C3CCCC(C)C3)no2)CCNCC1. The number of nitrogens with one attached hydrogen (secondary N) is 1. The van der Waals surface area contributed by atoms with Gasteiger partial charge in [0.15, 0.2) is 5.82 Å². The van der Waals surface area contributed by atoms with Gasteiger partial charge in [0, 0.05) is 5.92 Å². The summed E-state index contributed by atoms with van der Waals surface area (Å²) in [5, 5.41) is 7.82. The van der Waals surface area contributed by atoms with Crippen molar-refractivity contribution in [2.24, 2.45) is 5.92 Å². The maximum Gasteiger partial charge on any atom is 0.232 e. The molecule has 4 heteroatoms. The zero-order valence-electron chi connectivity index (χ0n) is 13.5. The van der Waals surface area contributed by atoms with Crippen LogP contribution in [0.4, 0.5) is 0 Å². The Morgan fingerprint density at radius 3 is 2.81 bits per heavy atom. The first kappa shape index (κ1) is 15.0. The number of piperidine rings is 1. The van der Waals surface area contributed by atoms with Gasteiger partial charge in [0.05, 0.1) is 5.41 Å². The molecule has 0 amide bonds. The molecule has 0 spiro atoms. The normalized spacial score (nSPS) is 29.4. The molecule has 2 unspecified atom stereocenters. The van der Waals surface area contributed by atoms with Gasteiger partial charge in [-0.3, -0.25) is 0 Å². The average molecular weight is 291 g/mol. The maximum atomic E-state index is 5.76. The smallest absolute Gasteiger partial charge is 0.232 e. The van der Waals surface area contributed by atoms with Gasteiger partial charge in [0.25, 0.3) is 0 Å². The van der Waals surface area contributed by atoms with Gasteiger partial charge in [-0.25, -0.2) is 0 Å². The Morgan fingerprint density at radius 1 is 1.29 bits per heavy atom. The second kappa shape index (κ2) is 6.47. The van der Waals surface area contributed by atoms with Gasteiger partial charge in [-0.05, 0) is 51.1 Å². The monoisotopic (exact) mass is 291 g/mol. The maximum absolute atomic E-state index is 5.76. The first-order valence-electron chi connectivity index (χ1n) is 8.78. The van der Waals surface area contributed by atoms with Crippen molar-refractivity contribution < 1.29 is 4.52 Å². The minimum atomic E-state index is 0.130. The zero-order chi connectivity index (χ0) is 14.7. The van der Waals surface area contributed by atoms with Crippen LogP contribution < -0.4 is 5.32 Å². The highest BCUT2D eigenvalue weighted by Crippen LogP contribution is 2.39. The van der Waals surface area contributed by atoms with Crippen LogP contribution in [-0.2, 0) is 5.41 Å². The Bertz CT molecular complexity index is 445. The molecular formula is C17H29N3O. The number of hydrogen-bond donors (Lipinski definition) is 1. The molecular weight excluding hydrogens is 262 g/mol. The van der Waals surface area contributed by atoms with Crippen LogP contribution in [0.5, 0.6) is 0 Å². The van der Waals surface area contributed by atoms with E-state index in [1.807, 2.05) is 0 Å². The Kier molecular flexibility index (Phi) is 4.63. The lowest BCUT2D eigenvalue weighted by Gasteiger charge is -2.34. The largest absolute Gasteiger partial charge is 0.339 e. The molecule has 0 aromatic carbocycles. The highest BCUT2D eigenvalue weighted by molar-refractivity contribution is 5.09. The van der Waals surface area contributed by atoms with Crippen LogP contribution in [0.15, 0.2) is 4.52 Å². The molecule has 0 radical (unpaired) electrons. The van der Waals surface area contributed by atoms with Crippen molar-refractivity contribution in [3.8, 4) is 0 Å². The summed E-state index contributed by atoms with van der Waals surface area (Å²) in [6.45, 7) is 6.73. The van der Waals surface area contributed by atoms with Gasteiger partial charge in [0.1, 0.15) is 0 Å². The highest BCUT2D eigenvalue weighted by Gasteiger charge is 2.39. The Balaban J connectivity index is 1.78. The first-order chi connectivity index (χ1) is 10.2. The molecule has 3 rings (SSSR count). The summed E-state index contributed by atoms with van der Waals surface area (Å²) in [6, 6.07) is 0. The van der Waals surface area contributed by atoms with Crippen molar-refractivity contribution in [3.63, 3.8) is 0 Å². The molecule has 1 aromatic heterocycles. The molecule has 1 saturated carbocycles. The molecule has 1 aromatic rings. The molecule has 21 heavy (non-hydrogen) atoms. The summed E-state index contributed by atoms with van der Waals surface area (Å²) in [4.78, 5) is 4.88. The van der Waals surface area contributed by atoms with Gasteiger partial charge >= 0.3 is 0 Å². The quantitative estimate of drug-likeness (QED) is 0.917.